The van der Waals surface area contributed by atoms with E-state index in [0.717, 1.165) is 11.0 Å². The van der Waals surface area contributed by atoms with Crippen molar-refractivity contribution in [2.24, 2.45) is 0 Å². The average molecular weight is 558 g/mol. The molecule has 1 radical (unpaired) electrons. The minimum Gasteiger partial charge on any atom is -0.543 e. The van der Waals surface area contributed by atoms with E-state index in [1.54, 1.807) is 42.7 Å². The van der Waals surface area contributed by atoms with E-state index in [0.29, 0.717) is 10.8 Å². The molecule has 0 unspecified atom stereocenters. The number of carbonyl (C=O) groups is 2. The normalized spacial score (nSPS) is 10.0. The number of benzene rings is 3. The fraction of sp³-hybridized carbons (Fsp3) is 0. The van der Waals surface area contributed by atoms with Crippen molar-refractivity contribution in [3.8, 4) is 11.5 Å². The molecule has 0 aliphatic carbocycles. The summed E-state index contributed by atoms with van der Waals surface area (Å²) in [5.74, 6) is -2.78. The van der Waals surface area contributed by atoms with Gasteiger partial charge in [0.2, 0.25) is 0 Å². The smallest absolute Gasteiger partial charge is 0.543 e. The third-order valence-corrected chi connectivity index (χ3v) is 5.14. The number of hydrogen-bond acceptors (Lipinski definition) is 9. The number of phenolic OH excluding ortho intramolecular Hbond substituents is 2. The van der Waals surface area contributed by atoms with Gasteiger partial charge in [0.1, 0.15) is 22.5 Å². The largest absolute Gasteiger partial charge is 2.00 e. The van der Waals surface area contributed by atoms with E-state index in [-0.39, 0.29) is 51.0 Å². The standard InChI is InChI=1S/2C10H7NO3.C7H6N2.Cu/c2*12-8-3-1-2-6-4-5-7(10(13)14)11-9(6)8;1-2-4-7-6(3-1)8-5-9-7;/h2*1-5,12H,(H,13,14);1-5H,(H,8,9);/q;;;+2/p-2. The third kappa shape index (κ3) is 6.41. The number of para-hydroxylation sites is 4. The van der Waals surface area contributed by atoms with Gasteiger partial charge in [-0.25, -0.2) is 15.0 Å². The number of aromatic carboxylic acids is 2. The number of nitrogens with one attached hydrogen (secondary N) is 1. The zero-order valence-electron chi connectivity index (χ0n) is 19.3. The molecule has 0 aliphatic rings. The summed E-state index contributed by atoms with van der Waals surface area (Å²) in [6, 6.07) is 23.5. The number of carboxylic acid groups (broad SMARTS) is 2. The van der Waals surface area contributed by atoms with Crippen LogP contribution in [0.3, 0.4) is 0 Å². The Kier molecular flexibility index (Phi) is 8.94. The van der Waals surface area contributed by atoms with E-state index in [4.69, 9.17) is 0 Å². The Hall–Kier alpha value is -4.99. The summed E-state index contributed by atoms with van der Waals surface area (Å²) < 4.78 is 0. The summed E-state index contributed by atoms with van der Waals surface area (Å²) in [5.41, 5.74) is 2.30. The number of phenols is 2. The van der Waals surface area contributed by atoms with E-state index in [1.807, 2.05) is 24.3 Å². The first-order chi connectivity index (χ1) is 17.8. The van der Waals surface area contributed by atoms with Gasteiger partial charge in [-0.2, -0.15) is 0 Å². The van der Waals surface area contributed by atoms with Crippen molar-refractivity contribution in [2.45, 2.75) is 0 Å². The fourth-order valence-electron chi connectivity index (χ4n) is 3.37. The van der Waals surface area contributed by atoms with Gasteiger partial charge in [0.25, 0.3) is 0 Å². The molecule has 0 saturated heterocycles. The quantitative estimate of drug-likeness (QED) is 0.269. The van der Waals surface area contributed by atoms with Gasteiger partial charge in [0.05, 0.1) is 40.7 Å². The van der Waals surface area contributed by atoms with E-state index in [9.17, 15) is 30.0 Å². The van der Waals surface area contributed by atoms with Crippen LogP contribution in [0.2, 0.25) is 0 Å². The van der Waals surface area contributed by atoms with E-state index in [2.05, 4.69) is 19.9 Å². The molecule has 0 fully saturated rings. The van der Waals surface area contributed by atoms with Gasteiger partial charge < -0.3 is 35.0 Å². The molecule has 0 saturated carbocycles. The molecule has 38 heavy (non-hydrogen) atoms. The van der Waals surface area contributed by atoms with Crippen LogP contribution in [0.4, 0.5) is 0 Å². The number of nitrogens with zero attached hydrogens (tertiary/aromatic N) is 3. The molecular weight excluding hydrogens is 540 g/mol. The molecule has 3 N–H and O–H groups in total. The minimum absolute atomic E-state index is 0. The van der Waals surface area contributed by atoms with Gasteiger partial charge in [-0.05, 0) is 36.4 Å². The number of rotatable bonds is 2. The Morgan fingerprint density at radius 3 is 1.63 bits per heavy atom. The van der Waals surface area contributed by atoms with Crippen LogP contribution >= 0.6 is 0 Å². The second-order valence-corrected chi connectivity index (χ2v) is 7.59. The van der Waals surface area contributed by atoms with E-state index in [1.165, 1.54) is 24.3 Å². The number of aromatic amines is 1. The van der Waals surface area contributed by atoms with Gasteiger partial charge in [-0.15, -0.1) is 0 Å². The Labute approximate surface area is 225 Å². The Morgan fingerprint density at radius 2 is 1.16 bits per heavy atom. The first kappa shape index (κ1) is 27.6. The number of pyridine rings is 2. The zero-order valence-corrected chi connectivity index (χ0v) is 20.3. The zero-order chi connectivity index (χ0) is 26.4. The van der Waals surface area contributed by atoms with Crippen LogP contribution in [-0.2, 0) is 17.1 Å². The van der Waals surface area contributed by atoms with Gasteiger partial charge in [0.15, 0.2) is 0 Å². The minimum atomic E-state index is -1.35. The van der Waals surface area contributed by atoms with Crippen molar-refractivity contribution in [3.05, 3.63) is 103 Å². The number of imidazole rings is 1. The molecule has 0 amide bonds. The van der Waals surface area contributed by atoms with Crippen molar-refractivity contribution in [2.75, 3.05) is 0 Å². The molecule has 0 spiro atoms. The van der Waals surface area contributed by atoms with Crippen molar-refractivity contribution in [1.82, 2.24) is 19.9 Å². The van der Waals surface area contributed by atoms with Crippen LogP contribution in [0, 0.1) is 0 Å². The number of aromatic nitrogens is 4. The van der Waals surface area contributed by atoms with Crippen molar-refractivity contribution in [1.29, 1.82) is 0 Å². The number of carboxylic acids is 2. The molecule has 6 aromatic rings. The maximum Gasteiger partial charge on any atom is 2.00 e. The monoisotopic (exact) mass is 557 g/mol. The molecule has 10 nitrogen and oxygen atoms in total. The van der Waals surface area contributed by atoms with E-state index >= 15 is 0 Å². The maximum absolute atomic E-state index is 10.5. The number of H-pyrrole nitrogens is 1. The number of fused-ring (bicyclic) bond motifs is 3. The second-order valence-electron chi connectivity index (χ2n) is 7.59. The Morgan fingerprint density at radius 1 is 0.658 bits per heavy atom. The van der Waals surface area contributed by atoms with Crippen LogP contribution < -0.4 is 10.2 Å². The summed E-state index contributed by atoms with van der Waals surface area (Å²) in [5, 5.41) is 41.2. The first-order valence-corrected chi connectivity index (χ1v) is 10.8. The molecule has 193 valence electrons. The predicted molar refractivity (Wildman–Crippen MR) is 132 cm³/mol. The molecule has 3 heterocycles. The topological polar surface area (TPSA) is 175 Å². The first-order valence-electron chi connectivity index (χ1n) is 10.8. The predicted octanol–water partition coefficient (Wildman–Crippen LogP) is 2.17. The Bertz CT molecular complexity index is 1610. The summed E-state index contributed by atoms with van der Waals surface area (Å²) in [6.45, 7) is 0. The molecule has 6 rings (SSSR count). The molecule has 3 aromatic heterocycles. The number of aromatic hydroxyl groups is 2. The molecule has 3 aromatic carbocycles. The van der Waals surface area contributed by atoms with Crippen LogP contribution in [0.25, 0.3) is 32.8 Å². The van der Waals surface area contributed by atoms with E-state index < -0.39 is 11.9 Å². The van der Waals surface area contributed by atoms with Crippen LogP contribution in [0.15, 0.2) is 91.3 Å². The fourth-order valence-corrected chi connectivity index (χ4v) is 3.37. The third-order valence-electron chi connectivity index (χ3n) is 5.14. The average Bonchev–Trinajstić information content (AvgIpc) is 3.39. The van der Waals surface area contributed by atoms with Crippen LogP contribution in [0.1, 0.15) is 21.0 Å². The number of hydrogen-bond donors (Lipinski definition) is 3. The Balaban J connectivity index is 0.000000159. The molecule has 0 atom stereocenters. The molecular formula is C27H18CuN4O6. The van der Waals surface area contributed by atoms with Gasteiger partial charge in [0, 0.05) is 10.8 Å². The summed E-state index contributed by atoms with van der Waals surface area (Å²) in [7, 11) is 0. The molecule has 11 heteroatoms. The van der Waals surface area contributed by atoms with Crippen molar-refractivity contribution >= 4 is 44.8 Å². The summed E-state index contributed by atoms with van der Waals surface area (Å²) in [4.78, 5) is 35.6. The summed E-state index contributed by atoms with van der Waals surface area (Å²) in [6.07, 6.45) is 1.70. The SMILES string of the molecule is O=C([O-])c1ccc2cccc(O)c2n1.O=C([O-])c1ccc2cccc(O)c2n1.[Cu+2].c1ccc2[nH]cnc2c1. The van der Waals surface area contributed by atoms with Crippen LogP contribution in [0.5, 0.6) is 11.5 Å². The van der Waals surface area contributed by atoms with Gasteiger partial charge >= 0.3 is 17.1 Å². The molecule has 0 aliphatic heterocycles. The molecule has 0 bridgehead atoms. The second kappa shape index (κ2) is 12.3. The van der Waals surface area contributed by atoms with Gasteiger partial charge in [-0.1, -0.05) is 48.5 Å². The number of carbonyl (C=O) groups excluding carboxylic acids is 2. The van der Waals surface area contributed by atoms with Crippen molar-refractivity contribution in [3.63, 3.8) is 0 Å². The maximum atomic E-state index is 10.5. The summed E-state index contributed by atoms with van der Waals surface area (Å²) >= 11 is 0. The van der Waals surface area contributed by atoms with Crippen molar-refractivity contribution < 1.29 is 47.1 Å². The van der Waals surface area contributed by atoms with Gasteiger partial charge in [-0.3, -0.25) is 0 Å². The van der Waals surface area contributed by atoms with Crippen LogP contribution in [-0.4, -0.2) is 42.1 Å².